The van der Waals surface area contributed by atoms with E-state index in [1.165, 1.54) is 49.4 Å². The summed E-state index contributed by atoms with van der Waals surface area (Å²) in [6, 6.07) is 32.2. The third kappa shape index (κ3) is 1.64. The summed E-state index contributed by atoms with van der Waals surface area (Å²) in [7, 11) is 0. The van der Waals surface area contributed by atoms with E-state index in [0.717, 1.165) is 11.2 Å². The van der Waals surface area contributed by atoms with Gasteiger partial charge in [-0.3, -0.25) is 0 Å². The molecular formula is C26H15NO. The molecule has 0 radical (unpaired) electrons. The largest absolute Gasteiger partial charge is 0.456 e. The number of nitrogens with zero attached hydrogens (tertiary/aromatic N) is 1. The molecule has 2 aliphatic rings. The van der Waals surface area contributed by atoms with E-state index in [9.17, 15) is 0 Å². The van der Waals surface area contributed by atoms with Crippen molar-refractivity contribution in [1.29, 1.82) is 0 Å². The molecule has 0 amide bonds. The van der Waals surface area contributed by atoms with Crippen LogP contribution < -0.4 is 0 Å². The lowest BCUT2D eigenvalue weighted by Gasteiger charge is -2.25. The molecule has 2 heteroatoms. The second-order valence-electron chi connectivity index (χ2n) is 7.40. The SMILES string of the molecule is c1ccc(-n2c3ccc4cccc5oc6ccc7cccc2c7c6-c3c45)cc1. The van der Waals surface area contributed by atoms with Crippen molar-refractivity contribution in [2.24, 2.45) is 0 Å². The second kappa shape index (κ2) is 4.93. The predicted molar refractivity (Wildman–Crippen MR) is 116 cm³/mol. The highest BCUT2D eigenvalue weighted by atomic mass is 16.3. The van der Waals surface area contributed by atoms with Gasteiger partial charge in [-0.2, -0.15) is 0 Å². The van der Waals surface area contributed by atoms with Gasteiger partial charge in [-0.05, 0) is 47.2 Å². The average Bonchev–Trinajstić information content (AvgIpc) is 2.76. The van der Waals surface area contributed by atoms with Crippen LogP contribution in [0.1, 0.15) is 0 Å². The van der Waals surface area contributed by atoms with E-state index < -0.39 is 0 Å². The van der Waals surface area contributed by atoms with Crippen molar-refractivity contribution in [3.8, 4) is 16.8 Å². The van der Waals surface area contributed by atoms with E-state index in [1.807, 2.05) is 0 Å². The van der Waals surface area contributed by atoms with Gasteiger partial charge >= 0.3 is 0 Å². The molecule has 5 aromatic rings. The molecule has 2 heterocycles. The molecule has 0 aromatic heterocycles. The molecule has 0 saturated heterocycles. The normalized spacial score (nSPS) is 12.3. The molecule has 0 spiro atoms. The highest BCUT2D eigenvalue weighted by molar-refractivity contribution is 6.24. The van der Waals surface area contributed by atoms with Crippen LogP contribution in [0.4, 0.5) is 0 Å². The summed E-state index contributed by atoms with van der Waals surface area (Å²) in [5, 5.41) is 4.92. The number of aromatic nitrogens is 1. The standard InChI is InChI=1S/C26H15NO/c1-2-8-18(9-3-1)27-19-10-4-6-16-13-15-22-26(23(16)19)25-20(27)14-12-17-7-5-11-21(28-22)24(17)25/h1-15H. The van der Waals surface area contributed by atoms with Crippen LogP contribution in [0.3, 0.4) is 0 Å². The summed E-state index contributed by atoms with van der Waals surface area (Å²) < 4.78 is 8.75. The lowest BCUT2D eigenvalue weighted by Crippen LogP contribution is -2.05. The summed E-state index contributed by atoms with van der Waals surface area (Å²) >= 11 is 0. The maximum atomic E-state index is 6.36. The first-order valence-electron chi connectivity index (χ1n) is 9.55. The first-order valence-corrected chi connectivity index (χ1v) is 9.55. The Morgan fingerprint density at radius 3 is 2.18 bits per heavy atom. The quantitative estimate of drug-likeness (QED) is 0.224. The number of rotatable bonds is 1. The Morgan fingerprint density at radius 1 is 0.500 bits per heavy atom. The van der Waals surface area contributed by atoms with Crippen molar-refractivity contribution >= 4 is 43.7 Å². The third-order valence-electron chi connectivity index (χ3n) is 5.94. The number of para-hydroxylation sites is 1. The number of benzene rings is 5. The van der Waals surface area contributed by atoms with Crippen LogP contribution in [-0.4, -0.2) is 4.57 Å². The Bertz CT molecular complexity index is 1600. The molecular weight excluding hydrogens is 342 g/mol. The lowest BCUT2D eigenvalue weighted by atomic mass is 9.89. The smallest absolute Gasteiger partial charge is 0.136 e. The number of hydrogen-bond acceptors (Lipinski definition) is 1. The van der Waals surface area contributed by atoms with Crippen molar-refractivity contribution in [2.45, 2.75) is 0 Å². The van der Waals surface area contributed by atoms with Gasteiger partial charge in [0, 0.05) is 27.6 Å². The third-order valence-corrected chi connectivity index (χ3v) is 5.94. The highest BCUT2D eigenvalue weighted by Crippen LogP contribution is 2.48. The van der Waals surface area contributed by atoms with E-state index in [4.69, 9.17) is 4.42 Å². The van der Waals surface area contributed by atoms with Crippen molar-refractivity contribution < 1.29 is 4.42 Å². The predicted octanol–water partition coefficient (Wildman–Crippen LogP) is 7.23. The van der Waals surface area contributed by atoms with Gasteiger partial charge in [0.05, 0.1) is 11.0 Å². The minimum absolute atomic E-state index is 0.939. The summed E-state index contributed by atoms with van der Waals surface area (Å²) in [4.78, 5) is 0. The summed E-state index contributed by atoms with van der Waals surface area (Å²) in [5.41, 5.74) is 7.97. The van der Waals surface area contributed by atoms with Gasteiger partial charge in [-0.1, -0.05) is 54.6 Å². The molecule has 2 aliphatic heterocycles. The zero-order valence-corrected chi connectivity index (χ0v) is 15.0. The van der Waals surface area contributed by atoms with Gasteiger partial charge in [0.2, 0.25) is 0 Å². The molecule has 5 aromatic carbocycles. The van der Waals surface area contributed by atoms with Gasteiger partial charge in [0.25, 0.3) is 0 Å². The second-order valence-corrected chi connectivity index (χ2v) is 7.40. The first-order chi connectivity index (χ1) is 13.9. The van der Waals surface area contributed by atoms with E-state index in [1.54, 1.807) is 0 Å². The number of hydrogen-bond donors (Lipinski definition) is 0. The zero-order valence-electron chi connectivity index (χ0n) is 15.0. The minimum Gasteiger partial charge on any atom is -0.456 e. The zero-order chi connectivity index (χ0) is 18.2. The fourth-order valence-corrected chi connectivity index (χ4v) is 4.82. The van der Waals surface area contributed by atoms with Crippen LogP contribution >= 0.6 is 0 Å². The Morgan fingerprint density at radius 2 is 1.29 bits per heavy atom. The summed E-state index contributed by atoms with van der Waals surface area (Å²) in [6.07, 6.45) is 0. The van der Waals surface area contributed by atoms with Gasteiger partial charge in [0.1, 0.15) is 11.2 Å². The van der Waals surface area contributed by atoms with Crippen LogP contribution in [0.5, 0.6) is 0 Å². The van der Waals surface area contributed by atoms with Crippen LogP contribution in [0.2, 0.25) is 0 Å². The molecule has 7 rings (SSSR count). The summed E-state index contributed by atoms with van der Waals surface area (Å²) in [6.45, 7) is 0. The Balaban J connectivity index is 1.89. The average molecular weight is 357 g/mol. The Hall–Kier alpha value is -3.78. The van der Waals surface area contributed by atoms with E-state index in [2.05, 4.69) is 95.6 Å². The van der Waals surface area contributed by atoms with Crippen LogP contribution in [-0.2, 0) is 0 Å². The maximum Gasteiger partial charge on any atom is 0.136 e. The number of pyridine rings is 1. The topological polar surface area (TPSA) is 18.1 Å². The van der Waals surface area contributed by atoms with Crippen molar-refractivity contribution in [3.63, 3.8) is 0 Å². The van der Waals surface area contributed by atoms with Gasteiger partial charge < -0.3 is 8.98 Å². The van der Waals surface area contributed by atoms with Crippen molar-refractivity contribution in [1.82, 2.24) is 4.57 Å². The van der Waals surface area contributed by atoms with E-state index in [-0.39, 0.29) is 0 Å². The lowest BCUT2D eigenvalue weighted by molar-refractivity contribution is 0.658. The highest BCUT2D eigenvalue weighted by Gasteiger charge is 2.25. The van der Waals surface area contributed by atoms with Crippen molar-refractivity contribution in [2.75, 3.05) is 0 Å². The molecule has 28 heavy (non-hydrogen) atoms. The molecule has 2 nitrogen and oxygen atoms in total. The minimum atomic E-state index is 0.939. The van der Waals surface area contributed by atoms with Crippen LogP contribution in [0.15, 0.2) is 95.4 Å². The fourth-order valence-electron chi connectivity index (χ4n) is 4.82. The Kier molecular flexibility index (Phi) is 2.52. The first kappa shape index (κ1) is 14.3. The maximum absolute atomic E-state index is 6.36. The van der Waals surface area contributed by atoms with Gasteiger partial charge in [-0.15, -0.1) is 0 Å². The molecule has 0 aliphatic carbocycles. The van der Waals surface area contributed by atoms with E-state index in [0.29, 0.717) is 0 Å². The molecule has 0 N–H and O–H groups in total. The molecule has 130 valence electrons. The Labute approximate surface area is 160 Å². The molecule has 0 atom stereocenters. The molecule has 0 saturated carbocycles. The molecule has 0 fully saturated rings. The van der Waals surface area contributed by atoms with E-state index >= 15 is 0 Å². The van der Waals surface area contributed by atoms with Gasteiger partial charge in [-0.25, -0.2) is 0 Å². The monoisotopic (exact) mass is 357 g/mol. The van der Waals surface area contributed by atoms with Gasteiger partial charge in [0.15, 0.2) is 0 Å². The molecule has 0 bridgehead atoms. The van der Waals surface area contributed by atoms with Crippen LogP contribution in [0.25, 0.3) is 60.6 Å². The summed E-state index contributed by atoms with van der Waals surface area (Å²) in [5.74, 6) is 0. The van der Waals surface area contributed by atoms with Crippen LogP contribution in [0, 0.1) is 0 Å². The molecule has 0 unspecified atom stereocenters. The fraction of sp³-hybridized carbons (Fsp3) is 0. The van der Waals surface area contributed by atoms with Crippen molar-refractivity contribution in [3.05, 3.63) is 91.0 Å².